The van der Waals surface area contributed by atoms with E-state index in [0.717, 1.165) is 16.8 Å². The Morgan fingerprint density at radius 2 is 2.07 bits per heavy atom. The van der Waals surface area contributed by atoms with E-state index in [0.29, 0.717) is 30.8 Å². The van der Waals surface area contributed by atoms with Crippen LogP contribution in [0.25, 0.3) is 23.5 Å². The van der Waals surface area contributed by atoms with Gasteiger partial charge in [-0.15, -0.1) is 0 Å². The lowest BCUT2D eigenvalue weighted by Crippen LogP contribution is -2.19. The molecule has 2 N–H and O–H groups in total. The van der Waals surface area contributed by atoms with Gasteiger partial charge in [-0.2, -0.15) is 4.98 Å². The first-order valence-corrected chi connectivity index (χ1v) is 8.81. The highest BCUT2D eigenvalue weighted by molar-refractivity contribution is 5.94. The third kappa shape index (κ3) is 3.63. The number of pyridine rings is 1. The molecule has 0 saturated carbocycles. The lowest BCUT2D eigenvalue weighted by Gasteiger charge is -2.15. The van der Waals surface area contributed by atoms with Crippen molar-refractivity contribution in [3.63, 3.8) is 0 Å². The van der Waals surface area contributed by atoms with E-state index in [-0.39, 0.29) is 23.2 Å². The Balaban J connectivity index is 1.54. The molecule has 1 aliphatic rings. The molecule has 1 amide bonds. The number of aromatic amines is 1. The highest BCUT2D eigenvalue weighted by Crippen LogP contribution is 2.19. The molecule has 1 aromatic carbocycles. The zero-order valence-electron chi connectivity index (χ0n) is 15.2. The molecule has 0 atom stereocenters. The summed E-state index contributed by atoms with van der Waals surface area (Å²) in [6.07, 6.45) is 4.13. The van der Waals surface area contributed by atoms with Crippen LogP contribution in [0.3, 0.4) is 0 Å². The van der Waals surface area contributed by atoms with Gasteiger partial charge in [0.15, 0.2) is 0 Å². The summed E-state index contributed by atoms with van der Waals surface area (Å²) in [7, 11) is 1.59. The van der Waals surface area contributed by atoms with Gasteiger partial charge in [-0.3, -0.25) is 9.59 Å². The second kappa shape index (κ2) is 7.61. The molecule has 0 fully saturated rings. The van der Waals surface area contributed by atoms with Gasteiger partial charge in [0.1, 0.15) is 0 Å². The van der Waals surface area contributed by atoms with Crippen molar-refractivity contribution < 1.29 is 14.1 Å². The molecule has 3 heterocycles. The van der Waals surface area contributed by atoms with Crippen LogP contribution in [0, 0.1) is 0 Å². The van der Waals surface area contributed by atoms with Gasteiger partial charge < -0.3 is 19.6 Å². The number of fused-ring (bicyclic) bond motifs is 1. The fraction of sp³-hybridized carbons (Fsp3) is 0.200. The van der Waals surface area contributed by atoms with Gasteiger partial charge in [-0.05, 0) is 35.4 Å². The predicted octanol–water partition coefficient (Wildman–Crippen LogP) is 2.03. The third-order valence-corrected chi connectivity index (χ3v) is 4.47. The highest BCUT2D eigenvalue weighted by atomic mass is 16.5. The number of carbonyl (C=O) groups excluding carboxylic acids is 1. The molecular formula is C20H18N4O4. The summed E-state index contributed by atoms with van der Waals surface area (Å²) >= 11 is 0. The Kier molecular flexibility index (Phi) is 4.86. The standard InChI is InChI=1S/C20H18N4O4/c1-21-19(25)13-5-2-12(3-6-13)4-7-17-23-18(24-28-17)15-10-14-11-27-9-8-16(14)22-20(15)26/h2-7,10H,8-9,11H2,1H3,(H,21,25)(H,22,26)/b7-4+. The van der Waals surface area contributed by atoms with Gasteiger partial charge in [0.05, 0.1) is 18.8 Å². The van der Waals surface area contributed by atoms with Crippen molar-refractivity contribution in [3.8, 4) is 11.4 Å². The topological polar surface area (TPSA) is 110 Å². The van der Waals surface area contributed by atoms with Crippen LogP contribution < -0.4 is 10.9 Å². The minimum Gasteiger partial charge on any atom is -0.376 e. The molecule has 2 aromatic heterocycles. The summed E-state index contributed by atoms with van der Waals surface area (Å²) in [4.78, 5) is 31.0. The zero-order chi connectivity index (χ0) is 19.5. The Hall–Kier alpha value is -3.52. The minimum absolute atomic E-state index is 0.141. The number of carbonyl (C=O) groups is 1. The van der Waals surface area contributed by atoms with E-state index in [1.54, 1.807) is 37.4 Å². The van der Waals surface area contributed by atoms with Gasteiger partial charge >= 0.3 is 0 Å². The summed E-state index contributed by atoms with van der Waals surface area (Å²) < 4.78 is 10.7. The van der Waals surface area contributed by atoms with E-state index >= 15 is 0 Å². The van der Waals surface area contributed by atoms with Crippen molar-refractivity contribution in [1.29, 1.82) is 0 Å². The number of amides is 1. The van der Waals surface area contributed by atoms with Crippen LogP contribution in [-0.4, -0.2) is 34.7 Å². The normalized spacial score (nSPS) is 13.5. The van der Waals surface area contributed by atoms with Crippen molar-refractivity contribution in [2.75, 3.05) is 13.7 Å². The predicted molar refractivity (Wildman–Crippen MR) is 102 cm³/mol. The van der Waals surface area contributed by atoms with E-state index in [1.165, 1.54) is 0 Å². The first kappa shape index (κ1) is 17.9. The maximum absolute atomic E-state index is 12.3. The van der Waals surface area contributed by atoms with Crippen LogP contribution in [0.1, 0.15) is 33.1 Å². The van der Waals surface area contributed by atoms with E-state index in [1.807, 2.05) is 12.1 Å². The average molecular weight is 378 g/mol. The Labute approximate surface area is 160 Å². The lowest BCUT2D eigenvalue weighted by molar-refractivity contribution is 0.0963. The van der Waals surface area contributed by atoms with Crippen molar-refractivity contribution in [2.24, 2.45) is 0 Å². The second-order valence-electron chi connectivity index (χ2n) is 6.31. The number of benzene rings is 1. The largest absolute Gasteiger partial charge is 0.376 e. The number of nitrogens with one attached hydrogen (secondary N) is 2. The molecule has 8 nitrogen and oxygen atoms in total. The SMILES string of the molecule is CNC(=O)c1ccc(/C=C/c2nc(-c3cc4c([nH]c3=O)CCOC4)no2)cc1. The molecule has 1 aliphatic heterocycles. The number of ether oxygens (including phenoxy) is 1. The minimum atomic E-state index is -0.248. The molecule has 0 spiro atoms. The number of aromatic nitrogens is 3. The summed E-state index contributed by atoms with van der Waals surface area (Å²) in [5.74, 6) is 0.362. The molecule has 28 heavy (non-hydrogen) atoms. The van der Waals surface area contributed by atoms with Crippen molar-refractivity contribution in [1.82, 2.24) is 20.4 Å². The number of hydrogen-bond donors (Lipinski definition) is 2. The average Bonchev–Trinajstić information content (AvgIpc) is 3.20. The molecule has 0 radical (unpaired) electrons. The van der Waals surface area contributed by atoms with Gasteiger partial charge in [-0.25, -0.2) is 0 Å². The molecule has 8 heteroatoms. The van der Waals surface area contributed by atoms with Gasteiger partial charge in [-0.1, -0.05) is 17.3 Å². The van der Waals surface area contributed by atoms with Gasteiger partial charge in [0.2, 0.25) is 5.82 Å². The molecule has 4 rings (SSSR count). The summed E-state index contributed by atoms with van der Waals surface area (Å²) in [6.45, 7) is 1.05. The summed E-state index contributed by atoms with van der Waals surface area (Å²) in [5.41, 5.74) is 3.37. The van der Waals surface area contributed by atoms with Crippen LogP contribution in [0.2, 0.25) is 0 Å². The van der Waals surface area contributed by atoms with Crippen molar-refractivity contribution in [3.05, 3.63) is 69.0 Å². The Morgan fingerprint density at radius 1 is 1.25 bits per heavy atom. The van der Waals surface area contributed by atoms with E-state index in [2.05, 4.69) is 20.4 Å². The molecular weight excluding hydrogens is 360 g/mol. The molecule has 0 aliphatic carbocycles. The quantitative estimate of drug-likeness (QED) is 0.719. The molecule has 142 valence electrons. The van der Waals surface area contributed by atoms with Crippen LogP contribution >= 0.6 is 0 Å². The van der Waals surface area contributed by atoms with Crippen molar-refractivity contribution >= 4 is 18.1 Å². The van der Waals surface area contributed by atoms with E-state index in [4.69, 9.17) is 9.26 Å². The molecule has 3 aromatic rings. The molecule has 0 bridgehead atoms. The molecule has 0 unspecified atom stereocenters. The van der Waals surface area contributed by atoms with E-state index < -0.39 is 0 Å². The second-order valence-corrected chi connectivity index (χ2v) is 6.31. The van der Waals surface area contributed by atoms with Gasteiger partial charge in [0, 0.05) is 30.8 Å². The summed E-state index contributed by atoms with van der Waals surface area (Å²) in [5, 5.41) is 6.48. The fourth-order valence-corrected chi connectivity index (χ4v) is 2.96. The van der Waals surface area contributed by atoms with Gasteiger partial charge in [0.25, 0.3) is 17.4 Å². The van der Waals surface area contributed by atoms with Crippen molar-refractivity contribution in [2.45, 2.75) is 13.0 Å². The Morgan fingerprint density at radius 3 is 2.86 bits per heavy atom. The van der Waals surface area contributed by atoms with Crippen LogP contribution in [0.5, 0.6) is 0 Å². The monoisotopic (exact) mass is 378 g/mol. The maximum Gasteiger partial charge on any atom is 0.259 e. The lowest BCUT2D eigenvalue weighted by atomic mass is 10.1. The zero-order valence-corrected chi connectivity index (χ0v) is 15.2. The first-order chi connectivity index (χ1) is 13.6. The number of H-pyrrole nitrogens is 1. The first-order valence-electron chi connectivity index (χ1n) is 8.81. The number of rotatable bonds is 4. The van der Waals surface area contributed by atoms with Crippen LogP contribution in [0.15, 0.2) is 39.6 Å². The third-order valence-electron chi connectivity index (χ3n) is 4.47. The molecule has 0 saturated heterocycles. The Bertz CT molecular complexity index is 1100. The fourth-order valence-electron chi connectivity index (χ4n) is 2.96. The number of hydrogen-bond acceptors (Lipinski definition) is 6. The summed E-state index contributed by atoms with van der Waals surface area (Å²) in [6, 6.07) is 8.83. The van der Waals surface area contributed by atoms with Crippen LogP contribution in [-0.2, 0) is 17.8 Å². The number of nitrogens with zero attached hydrogens (tertiary/aromatic N) is 2. The smallest absolute Gasteiger partial charge is 0.259 e. The van der Waals surface area contributed by atoms with E-state index in [9.17, 15) is 9.59 Å². The highest BCUT2D eigenvalue weighted by Gasteiger charge is 2.17. The van der Waals surface area contributed by atoms with Crippen LogP contribution in [0.4, 0.5) is 0 Å². The maximum atomic E-state index is 12.3.